The van der Waals surface area contributed by atoms with Gasteiger partial charge in [-0.05, 0) is 38.0 Å². The summed E-state index contributed by atoms with van der Waals surface area (Å²) in [7, 11) is 0. The molecule has 0 aliphatic rings. The maximum Gasteiger partial charge on any atom is 0.234 e. The van der Waals surface area contributed by atoms with Crippen LogP contribution < -0.4 is 10.1 Å². The van der Waals surface area contributed by atoms with E-state index < -0.39 is 0 Å². The molecule has 1 aromatic carbocycles. The van der Waals surface area contributed by atoms with E-state index in [9.17, 15) is 4.79 Å². The minimum atomic E-state index is -0.0986. The third-order valence-corrected chi connectivity index (χ3v) is 6.27. The molecular weight excluding hydrogens is 404 g/mol. The standard InChI is InChI=1S/C21H26N4O2S2/c1-4-11-25-20(15-12-16(5-2)28-13-15)23-24-21(25)29-14-19(26)22-17-9-7-8-10-18(17)27-6-3/h7-10,12-13H,4-6,11,14H2,1-3H3,(H,22,26). The number of carbonyl (C=O) groups is 1. The van der Waals surface area contributed by atoms with Crippen LogP contribution in [0, 0.1) is 0 Å². The fourth-order valence-electron chi connectivity index (χ4n) is 2.89. The second-order valence-electron chi connectivity index (χ2n) is 6.38. The Morgan fingerprint density at radius 1 is 1.24 bits per heavy atom. The van der Waals surface area contributed by atoms with Gasteiger partial charge in [0.15, 0.2) is 11.0 Å². The van der Waals surface area contributed by atoms with Crippen LogP contribution in [0.5, 0.6) is 5.75 Å². The van der Waals surface area contributed by atoms with Crippen LogP contribution in [0.4, 0.5) is 5.69 Å². The van der Waals surface area contributed by atoms with Gasteiger partial charge < -0.3 is 14.6 Å². The number of para-hydroxylation sites is 2. The summed E-state index contributed by atoms with van der Waals surface area (Å²) < 4.78 is 7.67. The average molecular weight is 431 g/mol. The van der Waals surface area contributed by atoms with Crippen LogP contribution in [-0.2, 0) is 17.8 Å². The summed E-state index contributed by atoms with van der Waals surface area (Å²) in [6, 6.07) is 9.63. The van der Waals surface area contributed by atoms with Crippen LogP contribution in [-0.4, -0.2) is 33.0 Å². The quantitative estimate of drug-likeness (QED) is 0.453. The molecule has 1 N–H and O–H groups in total. The number of nitrogens with zero attached hydrogens (tertiary/aromatic N) is 3. The van der Waals surface area contributed by atoms with E-state index in [-0.39, 0.29) is 11.7 Å². The van der Waals surface area contributed by atoms with E-state index in [0.717, 1.165) is 35.9 Å². The molecule has 0 aliphatic heterocycles. The Kier molecular flexibility index (Phi) is 7.71. The number of carbonyl (C=O) groups excluding carboxylic acids is 1. The van der Waals surface area contributed by atoms with Crippen LogP contribution in [0.15, 0.2) is 40.9 Å². The van der Waals surface area contributed by atoms with Gasteiger partial charge in [-0.2, -0.15) is 0 Å². The number of thiophene rings is 1. The molecule has 29 heavy (non-hydrogen) atoms. The van der Waals surface area contributed by atoms with Gasteiger partial charge in [0.2, 0.25) is 5.91 Å². The fraction of sp³-hybridized carbons (Fsp3) is 0.381. The molecule has 8 heteroatoms. The summed E-state index contributed by atoms with van der Waals surface area (Å²) in [5.74, 6) is 1.70. The van der Waals surface area contributed by atoms with Gasteiger partial charge in [0.05, 0.1) is 18.0 Å². The number of anilines is 1. The van der Waals surface area contributed by atoms with Crippen LogP contribution in [0.2, 0.25) is 0 Å². The maximum absolute atomic E-state index is 12.5. The van der Waals surface area contributed by atoms with Crippen molar-refractivity contribution in [1.82, 2.24) is 14.8 Å². The average Bonchev–Trinajstić information content (AvgIpc) is 3.35. The molecule has 1 amide bonds. The van der Waals surface area contributed by atoms with Gasteiger partial charge in [0.25, 0.3) is 0 Å². The summed E-state index contributed by atoms with van der Waals surface area (Å²) in [6.45, 7) is 7.56. The molecule has 2 heterocycles. The van der Waals surface area contributed by atoms with Crippen LogP contribution in [0.3, 0.4) is 0 Å². The van der Waals surface area contributed by atoms with Crippen molar-refractivity contribution in [3.63, 3.8) is 0 Å². The van der Waals surface area contributed by atoms with Crippen LogP contribution in [0.25, 0.3) is 11.4 Å². The van der Waals surface area contributed by atoms with Gasteiger partial charge in [0, 0.05) is 22.4 Å². The molecule has 0 aliphatic carbocycles. The lowest BCUT2D eigenvalue weighted by Gasteiger charge is -2.11. The molecule has 6 nitrogen and oxygen atoms in total. The van der Waals surface area contributed by atoms with Crippen LogP contribution >= 0.6 is 23.1 Å². The zero-order valence-electron chi connectivity index (χ0n) is 17.0. The molecule has 0 bridgehead atoms. The number of rotatable bonds is 10. The summed E-state index contributed by atoms with van der Waals surface area (Å²) >= 11 is 3.14. The highest BCUT2D eigenvalue weighted by atomic mass is 32.2. The Hall–Kier alpha value is -2.32. The normalized spacial score (nSPS) is 10.9. The van der Waals surface area contributed by atoms with Crippen molar-refractivity contribution in [3.05, 3.63) is 40.6 Å². The molecule has 154 valence electrons. The largest absolute Gasteiger partial charge is 0.492 e. The van der Waals surface area contributed by atoms with Gasteiger partial charge in [0.1, 0.15) is 5.75 Å². The van der Waals surface area contributed by atoms with E-state index in [1.54, 1.807) is 11.3 Å². The number of amides is 1. The summed E-state index contributed by atoms with van der Waals surface area (Å²) in [5, 5.41) is 14.6. The van der Waals surface area contributed by atoms with Gasteiger partial charge in [-0.15, -0.1) is 21.5 Å². The molecule has 3 aromatic rings. The Labute approximate surface area is 179 Å². The number of benzene rings is 1. The zero-order chi connectivity index (χ0) is 20.6. The molecule has 0 saturated carbocycles. The second-order valence-corrected chi connectivity index (χ2v) is 8.32. The van der Waals surface area contributed by atoms with E-state index in [4.69, 9.17) is 4.74 Å². The third-order valence-electron chi connectivity index (χ3n) is 4.22. The first-order valence-electron chi connectivity index (χ1n) is 9.81. The summed E-state index contributed by atoms with van der Waals surface area (Å²) in [5.41, 5.74) is 1.77. The van der Waals surface area contributed by atoms with Crippen molar-refractivity contribution < 1.29 is 9.53 Å². The van der Waals surface area contributed by atoms with E-state index in [2.05, 4.69) is 45.4 Å². The minimum absolute atomic E-state index is 0.0986. The molecule has 0 unspecified atom stereocenters. The number of nitrogens with one attached hydrogen (secondary N) is 1. The smallest absolute Gasteiger partial charge is 0.234 e. The van der Waals surface area contributed by atoms with Crippen LogP contribution in [0.1, 0.15) is 32.1 Å². The lowest BCUT2D eigenvalue weighted by atomic mass is 10.2. The third kappa shape index (κ3) is 5.39. The Balaban J connectivity index is 1.69. The maximum atomic E-state index is 12.5. The molecule has 0 atom stereocenters. The van der Waals surface area contributed by atoms with Gasteiger partial charge in [-0.3, -0.25) is 4.79 Å². The van der Waals surface area contributed by atoms with E-state index in [1.165, 1.54) is 16.6 Å². The monoisotopic (exact) mass is 430 g/mol. The van der Waals surface area contributed by atoms with Gasteiger partial charge in [-0.25, -0.2) is 0 Å². The number of thioether (sulfide) groups is 1. The highest BCUT2D eigenvalue weighted by Crippen LogP contribution is 2.29. The Bertz CT molecular complexity index is 952. The Morgan fingerprint density at radius 2 is 2.07 bits per heavy atom. The summed E-state index contributed by atoms with van der Waals surface area (Å²) in [4.78, 5) is 13.8. The molecule has 0 saturated heterocycles. The topological polar surface area (TPSA) is 69.0 Å². The van der Waals surface area contributed by atoms with Crippen molar-refractivity contribution in [3.8, 4) is 17.1 Å². The first-order chi connectivity index (χ1) is 14.2. The molecule has 3 rings (SSSR count). The molecule has 0 spiro atoms. The van der Waals surface area contributed by atoms with Crippen molar-refractivity contribution in [2.24, 2.45) is 0 Å². The first kappa shape index (κ1) is 21.4. The fourth-order valence-corrected chi connectivity index (χ4v) is 4.46. The zero-order valence-corrected chi connectivity index (χ0v) is 18.6. The van der Waals surface area contributed by atoms with Crippen molar-refractivity contribution in [2.75, 3.05) is 17.7 Å². The van der Waals surface area contributed by atoms with Crippen molar-refractivity contribution >= 4 is 34.7 Å². The second kappa shape index (κ2) is 10.5. The van der Waals surface area contributed by atoms with E-state index in [1.807, 2.05) is 31.2 Å². The van der Waals surface area contributed by atoms with Crippen molar-refractivity contribution in [2.45, 2.75) is 45.3 Å². The number of hydrogen-bond donors (Lipinski definition) is 1. The van der Waals surface area contributed by atoms with Gasteiger partial charge in [-0.1, -0.05) is 37.7 Å². The predicted octanol–water partition coefficient (Wildman–Crippen LogP) is 5.11. The number of aryl methyl sites for hydroxylation is 1. The highest BCUT2D eigenvalue weighted by Gasteiger charge is 2.17. The molecule has 0 fully saturated rings. The highest BCUT2D eigenvalue weighted by molar-refractivity contribution is 7.99. The Morgan fingerprint density at radius 3 is 2.79 bits per heavy atom. The minimum Gasteiger partial charge on any atom is -0.492 e. The number of hydrogen-bond acceptors (Lipinski definition) is 6. The molecule has 0 radical (unpaired) electrons. The van der Waals surface area contributed by atoms with E-state index >= 15 is 0 Å². The SMILES string of the molecule is CCCn1c(SCC(=O)Nc2ccccc2OCC)nnc1-c1csc(CC)c1. The van der Waals surface area contributed by atoms with Gasteiger partial charge >= 0.3 is 0 Å². The van der Waals surface area contributed by atoms with Crippen molar-refractivity contribution in [1.29, 1.82) is 0 Å². The summed E-state index contributed by atoms with van der Waals surface area (Å²) in [6.07, 6.45) is 1.98. The molecule has 2 aromatic heterocycles. The lowest BCUT2D eigenvalue weighted by molar-refractivity contribution is -0.113. The lowest BCUT2D eigenvalue weighted by Crippen LogP contribution is -2.15. The predicted molar refractivity (Wildman–Crippen MR) is 120 cm³/mol. The van der Waals surface area contributed by atoms with E-state index in [0.29, 0.717) is 18.0 Å². The first-order valence-corrected chi connectivity index (χ1v) is 11.7. The number of aromatic nitrogens is 3. The molecular formula is C21H26N4O2S2. The number of ether oxygens (including phenoxy) is 1.